The van der Waals surface area contributed by atoms with Crippen LogP contribution >= 0.6 is 11.6 Å². The zero-order valence-corrected chi connectivity index (χ0v) is 11.4. The van der Waals surface area contributed by atoms with Gasteiger partial charge in [-0.3, -0.25) is 4.79 Å². The summed E-state index contributed by atoms with van der Waals surface area (Å²) >= 11 is 5.96. The highest BCUT2D eigenvalue weighted by Gasteiger charge is 2.25. The number of anilines is 1. The van der Waals surface area contributed by atoms with Gasteiger partial charge in [0.25, 0.3) is 0 Å². The molecule has 1 atom stereocenters. The number of rotatable bonds is 2. The van der Waals surface area contributed by atoms with E-state index in [9.17, 15) is 4.79 Å². The van der Waals surface area contributed by atoms with Crippen molar-refractivity contribution in [2.75, 3.05) is 18.0 Å². The Morgan fingerprint density at radius 3 is 3.16 bits per heavy atom. The molecule has 3 heterocycles. The Hall–Kier alpha value is -1.62. The third kappa shape index (κ3) is 2.30. The van der Waals surface area contributed by atoms with E-state index in [4.69, 9.17) is 11.6 Å². The van der Waals surface area contributed by atoms with Crippen LogP contribution in [0.2, 0.25) is 5.28 Å². The molecule has 100 valence electrons. The Balaban J connectivity index is 1.99. The molecule has 19 heavy (non-hydrogen) atoms. The normalized spacial score (nSPS) is 19.9. The number of halogens is 1. The number of carbonyl (C=O) groups is 1. The van der Waals surface area contributed by atoms with Gasteiger partial charge in [-0.05, 0) is 37.4 Å². The molecule has 2 aromatic heterocycles. The van der Waals surface area contributed by atoms with Gasteiger partial charge in [0, 0.05) is 25.2 Å². The maximum absolute atomic E-state index is 11.6. The van der Waals surface area contributed by atoms with Crippen LogP contribution in [-0.4, -0.2) is 33.8 Å². The van der Waals surface area contributed by atoms with Crippen molar-refractivity contribution in [2.45, 2.75) is 19.8 Å². The molecule has 0 saturated carbocycles. The van der Waals surface area contributed by atoms with Crippen LogP contribution in [0.5, 0.6) is 0 Å². The highest BCUT2D eigenvalue weighted by atomic mass is 35.5. The Morgan fingerprint density at radius 1 is 1.53 bits per heavy atom. The zero-order valence-electron chi connectivity index (χ0n) is 10.7. The van der Waals surface area contributed by atoms with Crippen molar-refractivity contribution in [3.8, 4) is 0 Å². The summed E-state index contributed by atoms with van der Waals surface area (Å²) in [6.07, 6.45) is 3.78. The molecule has 0 bridgehead atoms. The van der Waals surface area contributed by atoms with E-state index in [0.29, 0.717) is 6.54 Å². The lowest BCUT2D eigenvalue weighted by Crippen LogP contribution is -2.38. The van der Waals surface area contributed by atoms with Crippen molar-refractivity contribution in [3.05, 3.63) is 17.5 Å². The average molecular weight is 279 g/mol. The van der Waals surface area contributed by atoms with Crippen LogP contribution in [0.15, 0.2) is 12.3 Å². The molecule has 0 amide bonds. The van der Waals surface area contributed by atoms with Gasteiger partial charge in [-0.15, -0.1) is 0 Å². The van der Waals surface area contributed by atoms with Gasteiger partial charge < -0.3 is 9.88 Å². The molecule has 0 spiro atoms. The van der Waals surface area contributed by atoms with E-state index >= 15 is 0 Å². The van der Waals surface area contributed by atoms with Crippen LogP contribution < -0.4 is 4.90 Å². The van der Waals surface area contributed by atoms with Crippen molar-refractivity contribution in [1.29, 1.82) is 0 Å². The van der Waals surface area contributed by atoms with Crippen LogP contribution in [0.4, 0.5) is 5.82 Å². The monoisotopic (exact) mass is 278 g/mol. The van der Waals surface area contributed by atoms with E-state index in [0.717, 1.165) is 36.2 Å². The Bertz CT molecular complexity index is 624. The summed E-state index contributed by atoms with van der Waals surface area (Å²) in [5.74, 6) is 1.16. The van der Waals surface area contributed by atoms with Gasteiger partial charge in [-0.1, -0.05) is 0 Å². The molecule has 2 aromatic rings. The van der Waals surface area contributed by atoms with Crippen molar-refractivity contribution < 1.29 is 4.79 Å². The minimum absolute atomic E-state index is 0.0940. The van der Waals surface area contributed by atoms with Gasteiger partial charge in [0.1, 0.15) is 17.2 Å². The number of nitrogens with one attached hydrogen (secondary N) is 1. The quantitative estimate of drug-likeness (QED) is 0.857. The number of piperidine rings is 1. The van der Waals surface area contributed by atoms with E-state index in [-0.39, 0.29) is 17.0 Å². The Morgan fingerprint density at radius 2 is 2.37 bits per heavy atom. The predicted molar refractivity (Wildman–Crippen MR) is 74.5 cm³/mol. The van der Waals surface area contributed by atoms with E-state index in [2.05, 4.69) is 19.9 Å². The number of hydrogen-bond acceptors (Lipinski definition) is 4. The first-order valence-corrected chi connectivity index (χ1v) is 6.79. The predicted octanol–water partition coefficient (Wildman–Crippen LogP) is 2.42. The number of Topliss-reactive ketones (excluding diaryl/α,β-unsaturated/α-hetero) is 1. The average Bonchev–Trinajstić information content (AvgIpc) is 2.85. The molecule has 1 aliphatic heterocycles. The fraction of sp³-hybridized carbons (Fsp3) is 0.462. The highest BCUT2D eigenvalue weighted by molar-refractivity contribution is 6.28. The number of aromatic nitrogens is 3. The zero-order chi connectivity index (χ0) is 13.4. The van der Waals surface area contributed by atoms with Crippen LogP contribution in [0.25, 0.3) is 11.0 Å². The summed E-state index contributed by atoms with van der Waals surface area (Å²) in [7, 11) is 0. The lowest BCUT2D eigenvalue weighted by Gasteiger charge is -2.32. The lowest BCUT2D eigenvalue weighted by atomic mass is 9.94. The number of fused-ring (bicyclic) bond motifs is 1. The van der Waals surface area contributed by atoms with Crippen LogP contribution in [-0.2, 0) is 4.79 Å². The summed E-state index contributed by atoms with van der Waals surface area (Å²) in [6, 6.07) is 1.94. The molecule has 0 aliphatic carbocycles. The molecule has 1 unspecified atom stereocenters. The fourth-order valence-corrected chi connectivity index (χ4v) is 2.81. The van der Waals surface area contributed by atoms with E-state index in [1.54, 1.807) is 6.92 Å². The van der Waals surface area contributed by atoms with E-state index in [1.807, 2.05) is 12.3 Å². The second-order valence-corrected chi connectivity index (χ2v) is 5.29. The second kappa shape index (κ2) is 4.81. The Labute approximate surface area is 116 Å². The first-order valence-electron chi connectivity index (χ1n) is 6.41. The van der Waals surface area contributed by atoms with Crippen LogP contribution in [0.1, 0.15) is 19.8 Å². The molecule has 1 saturated heterocycles. The molecular weight excluding hydrogens is 264 g/mol. The third-order valence-corrected chi connectivity index (χ3v) is 3.83. The lowest BCUT2D eigenvalue weighted by molar-refractivity contribution is -0.120. The third-order valence-electron chi connectivity index (χ3n) is 3.66. The highest BCUT2D eigenvalue weighted by Crippen LogP contribution is 2.28. The molecular formula is C13H15ClN4O. The van der Waals surface area contributed by atoms with Gasteiger partial charge in [0.05, 0.1) is 5.39 Å². The molecule has 3 rings (SSSR count). The molecule has 1 aliphatic rings. The number of hydrogen-bond donors (Lipinski definition) is 1. The van der Waals surface area contributed by atoms with Gasteiger partial charge in [0.2, 0.25) is 5.28 Å². The topological polar surface area (TPSA) is 61.9 Å². The van der Waals surface area contributed by atoms with Gasteiger partial charge >= 0.3 is 0 Å². The maximum Gasteiger partial charge on any atom is 0.226 e. The van der Waals surface area contributed by atoms with Crippen molar-refractivity contribution in [1.82, 2.24) is 15.0 Å². The summed E-state index contributed by atoms with van der Waals surface area (Å²) < 4.78 is 0. The molecule has 1 fully saturated rings. The largest absolute Gasteiger partial charge is 0.355 e. The smallest absolute Gasteiger partial charge is 0.226 e. The maximum atomic E-state index is 11.6. The molecule has 5 nitrogen and oxygen atoms in total. The van der Waals surface area contributed by atoms with Gasteiger partial charge in [0.15, 0.2) is 0 Å². The molecule has 1 N–H and O–H groups in total. The summed E-state index contributed by atoms with van der Waals surface area (Å²) in [4.78, 5) is 25.2. The number of H-pyrrole nitrogens is 1. The molecule has 6 heteroatoms. The number of nitrogens with zero attached hydrogens (tertiary/aromatic N) is 3. The van der Waals surface area contributed by atoms with Crippen LogP contribution in [0, 0.1) is 5.92 Å². The van der Waals surface area contributed by atoms with Gasteiger partial charge in [-0.25, -0.2) is 0 Å². The van der Waals surface area contributed by atoms with Crippen LogP contribution in [0.3, 0.4) is 0 Å². The first-order chi connectivity index (χ1) is 9.15. The van der Waals surface area contributed by atoms with Crippen molar-refractivity contribution in [2.24, 2.45) is 5.92 Å². The minimum atomic E-state index is 0.0940. The summed E-state index contributed by atoms with van der Waals surface area (Å²) in [5, 5.41) is 1.18. The number of aromatic amines is 1. The van der Waals surface area contributed by atoms with E-state index < -0.39 is 0 Å². The minimum Gasteiger partial charge on any atom is -0.355 e. The summed E-state index contributed by atoms with van der Waals surface area (Å²) in [5.41, 5.74) is 0.736. The first kappa shape index (κ1) is 12.4. The molecule has 0 aromatic carbocycles. The summed E-state index contributed by atoms with van der Waals surface area (Å²) in [6.45, 7) is 3.27. The molecule has 0 radical (unpaired) electrons. The van der Waals surface area contributed by atoms with Crippen molar-refractivity contribution in [3.63, 3.8) is 0 Å². The van der Waals surface area contributed by atoms with Crippen molar-refractivity contribution >= 4 is 34.2 Å². The second-order valence-electron chi connectivity index (χ2n) is 4.95. The fourth-order valence-electron chi connectivity index (χ4n) is 2.64. The number of ketones is 1. The SMILES string of the molecule is CC(=O)C1CCCN(c2nc(Cl)nc3[nH]ccc23)C1. The Kier molecular flexibility index (Phi) is 3.14. The van der Waals surface area contributed by atoms with E-state index in [1.165, 1.54) is 0 Å². The van der Waals surface area contributed by atoms with Gasteiger partial charge in [-0.2, -0.15) is 9.97 Å². The standard InChI is InChI=1S/C13H15ClN4O/c1-8(19)9-3-2-6-18(7-9)12-10-4-5-15-11(10)16-13(14)17-12/h4-5,9H,2-3,6-7H2,1H3,(H,15,16,17). The number of carbonyl (C=O) groups excluding carboxylic acids is 1.